The first kappa shape index (κ1) is 16.5. The van der Waals surface area contributed by atoms with Gasteiger partial charge in [0.05, 0.1) is 5.56 Å². The van der Waals surface area contributed by atoms with Crippen LogP contribution in [0.3, 0.4) is 0 Å². The number of fused-ring (bicyclic) bond motifs is 1. The minimum atomic E-state index is -5.30. The number of nitrogens with one attached hydrogen (secondary N) is 1. The molecule has 0 aliphatic carbocycles. The molecule has 0 bridgehead atoms. The molecule has 0 unspecified atom stereocenters. The Morgan fingerprint density at radius 1 is 0.875 bits per heavy atom. The second kappa shape index (κ2) is 5.65. The van der Waals surface area contributed by atoms with Crippen molar-refractivity contribution in [3.8, 4) is 0 Å². The normalized spacial score (nSPS) is 14.8. The van der Waals surface area contributed by atoms with Crippen LogP contribution >= 0.6 is 0 Å². The molecular weight excluding hydrogens is 330 g/mol. The molecule has 0 atom stereocenters. The van der Waals surface area contributed by atoms with Crippen molar-refractivity contribution in [3.63, 3.8) is 0 Å². The molecule has 0 spiro atoms. The van der Waals surface area contributed by atoms with Gasteiger partial charge in [0, 0.05) is 5.69 Å². The average molecular weight is 340 g/mol. The maximum Gasteiger partial charge on any atom is 0.499 e. The molecule has 9 heteroatoms. The smallest absolute Gasteiger partial charge is 0.445 e. The van der Waals surface area contributed by atoms with Crippen LogP contribution in [0, 0.1) is 0 Å². The quantitative estimate of drug-likeness (QED) is 0.634. The van der Waals surface area contributed by atoms with Gasteiger partial charge < -0.3 is 18.2 Å². The van der Waals surface area contributed by atoms with Crippen LogP contribution in [-0.2, 0) is 6.18 Å². The summed E-state index contributed by atoms with van der Waals surface area (Å²) in [7, 11) is 0. The highest BCUT2D eigenvalue weighted by Crippen LogP contribution is 2.33. The van der Waals surface area contributed by atoms with E-state index in [1.54, 1.807) is 24.3 Å². The largest absolute Gasteiger partial charge is 0.499 e. The van der Waals surface area contributed by atoms with Crippen molar-refractivity contribution in [2.45, 2.75) is 6.18 Å². The first-order chi connectivity index (χ1) is 11.2. The summed E-state index contributed by atoms with van der Waals surface area (Å²) in [6.07, 6.45) is -3.48. The lowest BCUT2D eigenvalue weighted by Crippen LogP contribution is -2.48. The number of benzene rings is 2. The molecular formula is C15H10B2F6N-. The van der Waals surface area contributed by atoms with Crippen molar-refractivity contribution in [2.24, 2.45) is 0 Å². The Bertz CT molecular complexity index is 780. The number of hydrogen-bond donors (Lipinski definition) is 1. The van der Waals surface area contributed by atoms with Crippen molar-refractivity contribution in [1.29, 1.82) is 0 Å². The predicted octanol–water partition coefficient (Wildman–Crippen LogP) is 4.34. The molecule has 1 aliphatic rings. The highest BCUT2D eigenvalue weighted by molar-refractivity contribution is 6.98. The molecule has 1 heterocycles. The first-order valence-corrected chi connectivity index (χ1v) is 7.10. The van der Waals surface area contributed by atoms with Crippen LogP contribution in [0.4, 0.5) is 31.8 Å². The van der Waals surface area contributed by atoms with Crippen molar-refractivity contribution >= 4 is 31.1 Å². The van der Waals surface area contributed by atoms with E-state index in [0.717, 1.165) is 30.3 Å². The minimum Gasteiger partial charge on any atom is -0.445 e. The van der Waals surface area contributed by atoms with Crippen LogP contribution in [0.5, 0.6) is 0 Å². The van der Waals surface area contributed by atoms with Gasteiger partial charge in [-0.05, 0) is 11.6 Å². The van der Waals surface area contributed by atoms with Gasteiger partial charge in [0.25, 0.3) is 6.85 Å². The van der Waals surface area contributed by atoms with Gasteiger partial charge in [-0.25, -0.2) is 0 Å². The number of anilines is 1. The number of halogens is 6. The summed E-state index contributed by atoms with van der Waals surface area (Å²) in [4.78, 5) is 0. The summed E-state index contributed by atoms with van der Waals surface area (Å²) in [6.45, 7) is -6.53. The van der Waals surface area contributed by atoms with Gasteiger partial charge in [-0.15, -0.1) is 5.37 Å². The molecule has 3 rings (SSSR count). The third-order valence-corrected chi connectivity index (χ3v) is 3.87. The monoisotopic (exact) mass is 340 g/mol. The summed E-state index contributed by atoms with van der Waals surface area (Å²) >= 11 is 0. The maximum absolute atomic E-state index is 13.4. The van der Waals surface area contributed by atoms with Gasteiger partial charge in [-0.1, -0.05) is 54.0 Å². The topological polar surface area (TPSA) is 12.0 Å². The van der Waals surface area contributed by atoms with Gasteiger partial charge in [-0.2, -0.15) is 13.2 Å². The van der Waals surface area contributed by atoms with E-state index in [1.165, 1.54) is 0 Å². The molecule has 124 valence electrons. The molecule has 1 N–H and O–H groups in total. The van der Waals surface area contributed by atoms with Crippen molar-refractivity contribution in [2.75, 3.05) is 5.23 Å². The molecule has 2 aromatic rings. The predicted molar refractivity (Wildman–Crippen MR) is 84.0 cm³/mol. The zero-order valence-corrected chi connectivity index (χ0v) is 12.1. The minimum absolute atomic E-state index is 0.128. The second-order valence-corrected chi connectivity index (χ2v) is 5.50. The molecule has 0 aromatic heterocycles. The number of para-hydroxylation sites is 1. The van der Waals surface area contributed by atoms with Crippen LogP contribution in [0.2, 0.25) is 0 Å². The third kappa shape index (κ3) is 3.16. The van der Waals surface area contributed by atoms with Gasteiger partial charge in [0.2, 0.25) is 0 Å². The van der Waals surface area contributed by atoms with Crippen molar-refractivity contribution in [1.82, 2.24) is 0 Å². The van der Waals surface area contributed by atoms with E-state index in [1.807, 2.05) is 0 Å². The zero-order chi connectivity index (χ0) is 17.5. The lowest BCUT2D eigenvalue weighted by molar-refractivity contribution is -0.137. The summed E-state index contributed by atoms with van der Waals surface area (Å²) < 4.78 is 78.1. The van der Waals surface area contributed by atoms with E-state index in [9.17, 15) is 26.1 Å². The summed E-state index contributed by atoms with van der Waals surface area (Å²) in [6, 6.07) is 10.2. The number of hydrogen-bond acceptors (Lipinski definition) is 1. The summed E-state index contributed by atoms with van der Waals surface area (Å²) in [5.74, 6) is 0. The van der Waals surface area contributed by atoms with Crippen molar-refractivity contribution in [3.05, 3.63) is 65.0 Å². The fraction of sp³-hybridized carbons (Fsp3) is 0.0667. The molecule has 0 amide bonds. The van der Waals surface area contributed by atoms with Crippen LogP contribution in [0.1, 0.15) is 11.1 Å². The Kier molecular flexibility index (Phi) is 3.89. The van der Waals surface area contributed by atoms with Crippen molar-refractivity contribution < 1.29 is 26.1 Å². The zero-order valence-electron chi connectivity index (χ0n) is 12.1. The fourth-order valence-corrected chi connectivity index (χ4v) is 2.68. The molecule has 0 saturated carbocycles. The van der Waals surface area contributed by atoms with Crippen LogP contribution in [0.25, 0.3) is 6.08 Å². The standard InChI is InChI=1S/C15H10B2F6N/c18-15(19,20)11-5-7-12(8-6-11)16-14(17(21,22)23)9-10-3-1-2-4-13(10)24-16/h1-9,24H/q-1. The van der Waals surface area contributed by atoms with Crippen LogP contribution in [0.15, 0.2) is 53.9 Å². The molecule has 1 nitrogen and oxygen atoms in total. The van der Waals surface area contributed by atoms with Gasteiger partial charge >= 0.3 is 13.2 Å². The van der Waals surface area contributed by atoms with E-state index in [2.05, 4.69) is 5.23 Å². The lowest BCUT2D eigenvalue weighted by Gasteiger charge is -2.32. The van der Waals surface area contributed by atoms with Gasteiger partial charge in [0.1, 0.15) is 0 Å². The molecule has 24 heavy (non-hydrogen) atoms. The van der Waals surface area contributed by atoms with E-state index < -0.39 is 30.9 Å². The fourth-order valence-electron chi connectivity index (χ4n) is 2.68. The molecule has 0 radical (unpaired) electrons. The Labute approximate surface area is 134 Å². The highest BCUT2D eigenvalue weighted by atomic mass is 19.4. The maximum atomic E-state index is 13.4. The van der Waals surface area contributed by atoms with Gasteiger partial charge in [-0.3, -0.25) is 0 Å². The Balaban J connectivity index is 2.03. The average Bonchev–Trinajstić information content (AvgIpc) is 2.52. The SMILES string of the molecule is F[B-](F)(F)C1=Cc2ccccc2NB1c1ccc(C(F)(F)F)cc1. The molecule has 1 aliphatic heterocycles. The van der Waals surface area contributed by atoms with Crippen LogP contribution < -0.4 is 10.7 Å². The van der Waals surface area contributed by atoms with E-state index in [4.69, 9.17) is 0 Å². The number of rotatable bonds is 2. The van der Waals surface area contributed by atoms with E-state index >= 15 is 0 Å². The summed E-state index contributed by atoms with van der Waals surface area (Å²) in [5.41, 5.74) is 0.134. The molecule has 0 saturated heterocycles. The molecule has 2 aromatic carbocycles. The van der Waals surface area contributed by atoms with Gasteiger partial charge in [0.15, 0.2) is 0 Å². The molecule has 0 fully saturated rings. The number of alkyl halides is 3. The third-order valence-electron chi connectivity index (χ3n) is 3.87. The Hall–Kier alpha value is -2.31. The Morgan fingerprint density at radius 3 is 2.08 bits per heavy atom. The van der Waals surface area contributed by atoms with E-state index in [0.29, 0.717) is 11.3 Å². The Morgan fingerprint density at radius 2 is 1.50 bits per heavy atom. The van der Waals surface area contributed by atoms with E-state index in [-0.39, 0.29) is 5.46 Å². The van der Waals surface area contributed by atoms with Crippen LogP contribution in [-0.4, -0.2) is 13.8 Å². The second-order valence-electron chi connectivity index (χ2n) is 5.50. The first-order valence-electron chi connectivity index (χ1n) is 7.10. The highest BCUT2D eigenvalue weighted by Gasteiger charge is 2.39. The lowest BCUT2D eigenvalue weighted by atomic mass is 9.39. The summed E-state index contributed by atoms with van der Waals surface area (Å²) in [5, 5.41) is 1.99.